The van der Waals surface area contributed by atoms with Crippen LogP contribution in [0.5, 0.6) is 0 Å². The number of hydrogen-bond acceptors (Lipinski definition) is 2. The molecule has 0 aliphatic carbocycles. The quantitative estimate of drug-likeness (QED) is 0.258. The van der Waals surface area contributed by atoms with Gasteiger partial charge in [0.05, 0.1) is 0 Å². The Morgan fingerprint density at radius 2 is 1.45 bits per heavy atom. The van der Waals surface area contributed by atoms with Gasteiger partial charge in [-0.2, -0.15) is 0 Å². The van der Waals surface area contributed by atoms with Crippen LogP contribution in [0.3, 0.4) is 0 Å². The number of halogens is 1. The average molecular weight is 480 g/mol. The van der Waals surface area contributed by atoms with E-state index in [4.69, 9.17) is 0 Å². The lowest BCUT2D eigenvalue weighted by molar-refractivity contribution is 0.693. The van der Waals surface area contributed by atoms with Crippen LogP contribution in [-0.2, 0) is 12.8 Å². The maximum atomic E-state index is 4.61. The Kier molecular flexibility index (Phi) is 9.27. The first-order valence-corrected chi connectivity index (χ1v) is 12.6. The molecule has 3 rings (SSSR count). The van der Waals surface area contributed by atoms with Crippen molar-refractivity contribution in [3.05, 3.63) is 81.8 Å². The van der Waals surface area contributed by atoms with Crippen molar-refractivity contribution in [3.63, 3.8) is 0 Å². The van der Waals surface area contributed by atoms with E-state index in [1.165, 1.54) is 55.2 Å². The zero-order valence-corrected chi connectivity index (χ0v) is 20.8. The van der Waals surface area contributed by atoms with E-state index in [1.807, 2.05) is 12.4 Å². The largest absolute Gasteiger partial charge is 0.241 e. The Labute approximate surface area is 196 Å². The van der Waals surface area contributed by atoms with Crippen molar-refractivity contribution in [1.82, 2.24) is 9.97 Å². The Morgan fingerprint density at radius 3 is 2.10 bits per heavy atom. The standard InChI is InChI=1S/C28H35BrN2/c1-4-6-8-11-22-15-17-23(18-16-22)21(3)25-12-10-13-26(28(25)29)24-19-30-27(31-20-24)14-9-7-5-2/h10,12-13,15-21H,4-9,11,14H2,1-3H3. The van der Waals surface area contributed by atoms with Crippen LogP contribution in [0.4, 0.5) is 0 Å². The molecule has 0 bridgehead atoms. The molecule has 0 saturated carbocycles. The van der Waals surface area contributed by atoms with Crippen LogP contribution in [-0.4, -0.2) is 9.97 Å². The summed E-state index contributed by atoms with van der Waals surface area (Å²) in [6, 6.07) is 15.7. The summed E-state index contributed by atoms with van der Waals surface area (Å²) in [6.45, 7) is 6.76. The second kappa shape index (κ2) is 12.1. The number of benzene rings is 2. The molecule has 164 valence electrons. The van der Waals surface area contributed by atoms with E-state index in [0.29, 0.717) is 5.92 Å². The Bertz CT molecular complexity index is 932. The van der Waals surface area contributed by atoms with Crippen LogP contribution in [0, 0.1) is 0 Å². The van der Waals surface area contributed by atoms with Gasteiger partial charge in [-0.1, -0.05) is 88.9 Å². The molecule has 31 heavy (non-hydrogen) atoms. The molecule has 1 atom stereocenters. The summed E-state index contributed by atoms with van der Waals surface area (Å²) in [5.74, 6) is 1.25. The van der Waals surface area contributed by atoms with Crippen LogP contribution in [0.2, 0.25) is 0 Å². The average Bonchev–Trinajstić information content (AvgIpc) is 2.80. The summed E-state index contributed by atoms with van der Waals surface area (Å²) in [5.41, 5.74) is 6.29. The van der Waals surface area contributed by atoms with Gasteiger partial charge in [0.1, 0.15) is 5.82 Å². The highest BCUT2D eigenvalue weighted by molar-refractivity contribution is 9.10. The van der Waals surface area contributed by atoms with Gasteiger partial charge in [0.2, 0.25) is 0 Å². The Morgan fingerprint density at radius 1 is 0.806 bits per heavy atom. The predicted octanol–water partition coefficient (Wildman–Crippen LogP) is 8.52. The lowest BCUT2D eigenvalue weighted by Crippen LogP contribution is -2.00. The molecule has 2 aromatic carbocycles. The molecule has 0 aliphatic rings. The molecule has 0 spiro atoms. The van der Waals surface area contributed by atoms with Crippen molar-refractivity contribution < 1.29 is 0 Å². The van der Waals surface area contributed by atoms with Crippen molar-refractivity contribution in [3.8, 4) is 11.1 Å². The van der Waals surface area contributed by atoms with E-state index in [-0.39, 0.29) is 0 Å². The Balaban J connectivity index is 1.75. The van der Waals surface area contributed by atoms with E-state index < -0.39 is 0 Å². The van der Waals surface area contributed by atoms with Crippen LogP contribution < -0.4 is 0 Å². The molecular formula is C28H35BrN2. The summed E-state index contributed by atoms with van der Waals surface area (Å²) < 4.78 is 1.14. The monoisotopic (exact) mass is 478 g/mol. The highest BCUT2D eigenvalue weighted by Crippen LogP contribution is 2.36. The van der Waals surface area contributed by atoms with Crippen molar-refractivity contribution >= 4 is 15.9 Å². The minimum absolute atomic E-state index is 0.313. The molecule has 0 fully saturated rings. The van der Waals surface area contributed by atoms with Gasteiger partial charge < -0.3 is 0 Å². The van der Waals surface area contributed by atoms with Gasteiger partial charge in [0, 0.05) is 34.8 Å². The summed E-state index contributed by atoms with van der Waals surface area (Å²) in [6.07, 6.45) is 13.5. The van der Waals surface area contributed by atoms with E-state index >= 15 is 0 Å². The lowest BCUT2D eigenvalue weighted by Gasteiger charge is -2.17. The SMILES string of the molecule is CCCCCc1ccc(C(C)c2cccc(-c3cnc(CCCCC)nc3)c2Br)cc1. The van der Waals surface area contributed by atoms with E-state index in [1.54, 1.807) is 0 Å². The van der Waals surface area contributed by atoms with Gasteiger partial charge in [0.15, 0.2) is 0 Å². The number of unbranched alkanes of at least 4 members (excludes halogenated alkanes) is 4. The highest BCUT2D eigenvalue weighted by atomic mass is 79.9. The van der Waals surface area contributed by atoms with Gasteiger partial charge in [-0.05, 0) is 57.4 Å². The number of aromatic nitrogens is 2. The van der Waals surface area contributed by atoms with E-state index in [9.17, 15) is 0 Å². The topological polar surface area (TPSA) is 25.8 Å². The van der Waals surface area contributed by atoms with Crippen LogP contribution in [0.1, 0.15) is 87.7 Å². The third-order valence-corrected chi connectivity index (χ3v) is 6.95. The summed E-state index contributed by atoms with van der Waals surface area (Å²) >= 11 is 3.89. The van der Waals surface area contributed by atoms with Gasteiger partial charge >= 0.3 is 0 Å². The molecule has 1 unspecified atom stereocenters. The highest BCUT2D eigenvalue weighted by Gasteiger charge is 2.15. The second-order valence-electron chi connectivity index (χ2n) is 8.47. The Hall–Kier alpha value is -2.00. The molecule has 0 aliphatic heterocycles. The van der Waals surface area contributed by atoms with Crippen LogP contribution >= 0.6 is 15.9 Å². The third-order valence-electron chi connectivity index (χ3n) is 6.06. The predicted molar refractivity (Wildman–Crippen MR) is 136 cm³/mol. The molecular weight excluding hydrogens is 444 g/mol. The van der Waals surface area contributed by atoms with E-state index in [2.05, 4.69) is 89.1 Å². The first kappa shape index (κ1) is 23.7. The molecule has 0 N–H and O–H groups in total. The zero-order valence-electron chi connectivity index (χ0n) is 19.2. The molecule has 0 radical (unpaired) electrons. The molecule has 0 amide bonds. The van der Waals surface area contributed by atoms with Crippen LogP contribution in [0.15, 0.2) is 59.3 Å². The lowest BCUT2D eigenvalue weighted by atomic mass is 9.90. The molecule has 3 heteroatoms. The van der Waals surface area contributed by atoms with Gasteiger partial charge in [0.25, 0.3) is 0 Å². The van der Waals surface area contributed by atoms with Crippen LogP contribution in [0.25, 0.3) is 11.1 Å². The smallest absolute Gasteiger partial charge is 0.128 e. The van der Waals surface area contributed by atoms with Gasteiger partial charge in [-0.15, -0.1) is 0 Å². The normalized spacial score (nSPS) is 12.1. The van der Waals surface area contributed by atoms with Crippen molar-refractivity contribution in [2.45, 2.75) is 78.1 Å². The van der Waals surface area contributed by atoms with Gasteiger partial charge in [-0.3, -0.25) is 0 Å². The number of hydrogen-bond donors (Lipinski definition) is 0. The number of rotatable bonds is 11. The number of aryl methyl sites for hydroxylation is 2. The second-order valence-corrected chi connectivity index (χ2v) is 9.27. The minimum atomic E-state index is 0.313. The summed E-state index contributed by atoms with van der Waals surface area (Å²) in [7, 11) is 0. The molecule has 3 aromatic rings. The zero-order chi connectivity index (χ0) is 22.1. The fraction of sp³-hybridized carbons (Fsp3) is 0.429. The fourth-order valence-electron chi connectivity index (χ4n) is 3.99. The van der Waals surface area contributed by atoms with Gasteiger partial charge in [-0.25, -0.2) is 9.97 Å². The molecule has 2 nitrogen and oxygen atoms in total. The minimum Gasteiger partial charge on any atom is -0.241 e. The number of nitrogens with zero attached hydrogens (tertiary/aromatic N) is 2. The molecule has 0 saturated heterocycles. The molecule has 1 aromatic heterocycles. The summed E-state index contributed by atoms with van der Waals surface area (Å²) in [5, 5.41) is 0. The van der Waals surface area contributed by atoms with Crippen molar-refractivity contribution in [2.24, 2.45) is 0 Å². The first-order valence-electron chi connectivity index (χ1n) is 11.8. The first-order chi connectivity index (χ1) is 15.1. The molecule has 1 heterocycles. The maximum absolute atomic E-state index is 4.61. The van der Waals surface area contributed by atoms with Crippen molar-refractivity contribution in [2.75, 3.05) is 0 Å². The summed E-state index contributed by atoms with van der Waals surface area (Å²) in [4.78, 5) is 9.22. The van der Waals surface area contributed by atoms with Crippen molar-refractivity contribution in [1.29, 1.82) is 0 Å². The maximum Gasteiger partial charge on any atom is 0.128 e. The third kappa shape index (κ3) is 6.49. The van der Waals surface area contributed by atoms with E-state index in [0.717, 1.165) is 34.3 Å². The fourth-order valence-corrected chi connectivity index (χ4v) is 4.83.